The number of hydrogen-bond donors (Lipinski definition) is 0. The van der Waals surface area contributed by atoms with Crippen LogP contribution in [0.4, 0.5) is 5.82 Å². The predicted octanol–water partition coefficient (Wildman–Crippen LogP) is 2.70. The van der Waals surface area contributed by atoms with E-state index in [1.807, 2.05) is 18.3 Å². The number of rotatable bonds is 6. The molecule has 1 aliphatic carbocycles. The van der Waals surface area contributed by atoms with E-state index in [0.29, 0.717) is 18.4 Å². The standard InChI is InChI=1S/C19H24N4O2/c1-24-18-8-17(21-14-22-18)23-10-16-5-2-6-19(16,12-23)13-25-11-15-4-3-7-20-9-15/h3-4,7-9,14,16H,2,5-6,10-13H2,1H3/t16-,19+/m0/s1. The minimum absolute atomic E-state index is 0.237. The fourth-order valence-corrected chi connectivity index (χ4v) is 4.29. The summed E-state index contributed by atoms with van der Waals surface area (Å²) in [4.78, 5) is 15.1. The van der Waals surface area contributed by atoms with Gasteiger partial charge in [0.25, 0.3) is 0 Å². The maximum atomic E-state index is 6.11. The van der Waals surface area contributed by atoms with Crippen LogP contribution in [0.2, 0.25) is 0 Å². The summed E-state index contributed by atoms with van der Waals surface area (Å²) in [6.07, 6.45) is 9.03. The van der Waals surface area contributed by atoms with E-state index >= 15 is 0 Å². The summed E-state index contributed by atoms with van der Waals surface area (Å²) in [5, 5.41) is 0. The van der Waals surface area contributed by atoms with E-state index in [-0.39, 0.29) is 5.41 Å². The second kappa shape index (κ2) is 6.96. The zero-order chi connectivity index (χ0) is 17.1. The zero-order valence-electron chi connectivity index (χ0n) is 14.6. The molecule has 2 aliphatic rings. The Morgan fingerprint density at radius 3 is 3.16 bits per heavy atom. The van der Waals surface area contributed by atoms with Crippen LogP contribution < -0.4 is 9.64 Å². The van der Waals surface area contributed by atoms with Crippen LogP contribution in [0.15, 0.2) is 36.9 Å². The molecule has 1 aliphatic heterocycles. The van der Waals surface area contributed by atoms with Gasteiger partial charge in [0.2, 0.25) is 5.88 Å². The van der Waals surface area contributed by atoms with Gasteiger partial charge in [0.1, 0.15) is 12.1 Å². The highest BCUT2D eigenvalue weighted by Gasteiger charge is 2.49. The van der Waals surface area contributed by atoms with Crippen molar-refractivity contribution in [3.05, 3.63) is 42.5 Å². The Balaban J connectivity index is 1.43. The van der Waals surface area contributed by atoms with E-state index in [4.69, 9.17) is 9.47 Å². The van der Waals surface area contributed by atoms with Crippen LogP contribution in [-0.2, 0) is 11.3 Å². The molecule has 2 fully saturated rings. The highest BCUT2D eigenvalue weighted by atomic mass is 16.5. The molecule has 0 aromatic carbocycles. The quantitative estimate of drug-likeness (QED) is 0.806. The predicted molar refractivity (Wildman–Crippen MR) is 94.5 cm³/mol. The van der Waals surface area contributed by atoms with Crippen LogP contribution in [0.5, 0.6) is 5.88 Å². The summed E-state index contributed by atoms with van der Waals surface area (Å²) in [6, 6.07) is 5.94. The van der Waals surface area contributed by atoms with Crippen molar-refractivity contribution < 1.29 is 9.47 Å². The second-order valence-electron chi connectivity index (χ2n) is 7.10. The van der Waals surface area contributed by atoms with Crippen molar-refractivity contribution in [2.45, 2.75) is 25.9 Å². The zero-order valence-corrected chi connectivity index (χ0v) is 14.6. The largest absolute Gasteiger partial charge is 0.481 e. The van der Waals surface area contributed by atoms with Crippen molar-refractivity contribution in [2.24, 2.45) is 11.3 Å². The Labute approximate surface area is 148 Å². The third kappa shape index (κ3) is 3.31. The van der Waals surface area contributed by atoms with E-state index in [1.54, 1.807) is 19.6 Å². The molecule has 2 atom stereocenters. The monoisotopic (exact) mass is 340 g/mol. The lowest BCUT2D eigenvalue weighted by Gasteiger charge is -2.28. The highest BCUT2D eigenvalue weighted by molar-refractivity contribution is 5.43. The van der Waals surface area contributed by atoms with Gasteiger partial charge in [-0.05, 0) is 30.4 Å². The molecule has 0 spiro atoms. The third-order valence-corrected chi connectivity index (χ3v) is 5.58. The Morgan fingerprint density at radius 1 is 1.36 bits per heavy atom. The molecule has 1 saturated carbocycles. The van der Waals surface area contributed by atoms with E-state index in [0.717, 1.165) is 31.1 Å². The number of aromatic nitrogens is 3. The number of anilines is 1. The van der Waals surface area contributed by atoms with Gasteiger partial charge >= 0.3 is 0 Å². The van der Waals surface area contributed by atoms with Crippen molar-refractivity contribution in [3.63, 3.8) is 0 Å². The number of pyridine rings is 1. The van der Waals surface area contributed by atoms with Gasteiger partial charge < -0.3 is 14.4 Å². The van der Waals surface area contributed by atoms with Gasteiger partial charge in [-0.1, -0.05) is 12.5 Å². The van der Waals surface area contributed by atoms with E-state index in [9.17, 15) is 0 Å². The van der Waals surface area contributed by atoms with Gasteiger partial charge in [-0.3, -0.25) is 4.98 Å². The number of methoxy groups -OCH3 is 1. The van der Waals surface area contributed by atoms with Gasteiger partial charge in [0.05, 0.1) is 20.3 Å². The molecule has 6 nitrogen and oxygen atoms in total. The average molecular weight is 340 g/mol. The summed E-state index contributed by atoms with van der Waals surface area (Å²) in [7, 11) is 1.64. The fraction of sp³-hybridized carbons (Fsp3) is 0.526. The van der Waals surface area contributed by atoms with Crippen LogP contribution in [0.1, 0.15) is 24.8 Å². The molecule has 0 bridgehead atoms. The minimum atomic E-state index is 0.237. The maximum absolute atomic E-state index is 6.11. The van der Waals surface area contributed by atoms with Crippen molar-refractivity contribution >= 4 is 5.82 Å². The molecular formula is C19H24N4O2. The van der Waals surface area contributed by atoms with Crippen LogP contribution in [0, 0.1) is 11.3 Å². The van der Waals surface area contributed by atoms with Crippen molar-refractivity contribution in [1.82, 2.24) is 15.0 Å². The number of nitrogens with zero attached hydrogens (tertiary/aromatic N) is 4. The average Bonchev–Trinajstić information content (AvgIpc) is 3.20. The van der Waals surface area contributed by atoms with Gasteiger partial charge in [-0.15, -0.1) is 0 Å². The molecule has 3 heterocycles. The lowest BCUT2D eigenvalue weighted by atomic mass is 9.81. The van der Waals surface area contributed by atoms with Crippen LogP contribution >= 0.6 is 0 Å². The second-order valence-corrected chi connectivity index (χ2v) is 7.10. The Hall–Kier alpha value is -2.21. The van der Waals surface area contributed by atoms with Gasteiger partial charge in [0, 0.05) is 37.0 Å². The molecule has 0 radical (unpaired) electrons. The van der Waals surface area contributed by atoms with Crippen LogP contribution in [0.25, 0.3) is 0 Å². The molecular weight excluding hydrogens is 316 g/mol. The highest BCUT2D eigenvalue weighted by Crippen LogP contribution is 2.49. The Kier molecular flexibility index (Phi) is 4.53. The van der Waals surface area contributed by atoms with Gasteiger partial charge in [-0.25, -0.2) is 9.97 Å². The minimum Gasteiger partial charge on any atom is -0.481 e. The van der Waals surface area contributed by atoms with Gasteiger partial charge in [0.15, 0.2) is 0 Å². The first-order valence-corrected chi connectivity index (χ1v) is 8.87. The molecule has 2 aromatic heterocycles. The lowest BCUT2D eigenvalue weighted by Crippen LogP contribution is -2.32. The third-order valence-electron chi connectivity index (χ3n) is 5.58. The summed E-state index contributed by atoms with van der Waals surface area (Å²) in [6.45, 7) is 3.45. The summed E-state index contributed by atoms with van der Waals surface area (Å²) >= 11 is 0. The molecule has 1 saturated heterocycles. The van der Waals surface area contributed by atoms with Crippen molar-refractivity contribution in [1.29, 1.82) is 0 Å². The van der Waals surface area contributed by atoms with Crippen LogP contribution in [-0.4, -0.2) is 41.8 Å². The number of fused-ring (bicyclic) bond motifs is 1. The first kappa shape index (κ1) is 16.3. The molecule has 132 valence electrons. The SMILES string of the molecule is COc1cc(N2C[C@@H]3CCC[C@]3(COCc3cccnc3)C2)ncn1. The number of hydrogen-bond acceptors (Lipinski definition) is 6. The molecule has 2 aromatic rings. The topological polar surface area (TPSA) is 60.4 Å². The first-order valence-electron chi connectivity index (χ1n) is 8.87. The van der Waals surface area contributed by atoms with E-state index in [2.05, 4.69) is 25.9 Å². The molecule has 0 amide bonds. The first-order chi connectivity index (χ1) is 12.3. The molecule has 0 N–H and O–H groups in total. The van der Waals surface area contributed by atoms with E-state index < -0.39 is 0 Å². The molecule has 0 unspecified atom stereocenters. The molecule has 6 heteroatoms. The summed E-state index contributed by atoms with van der Waals surface area (Å²) in [5.74, 6) is 2.24. The van der Waals surface area contributed by atoms with Crippen molar-refractivity contribution in [2.75, 3.05) is 31.7 Å². The van der Waals surface area contributed by atoms with Crippen molar-refractivity contribution in [3.8, 4) is 5.88 Å². The van der Waals surface area contributed by atoms with E-state index in [1.165, 1.54) is 19.3 Å². The lowest BCUT2D eigenvalue weighted by molar-refractivity contribution is 0.0314. The van der Waals surface area contributed by atoms with Crippen LogP contribution in [0.3, 0.4) is 0 Å². The summed E-state index contributed by atoms with van der Waals surface area (Å²) < 4.78 is 11.4. The smallest absolute Gasteiger partial charge is 0.218 e. The number of ether oxygens (including phenoxy) is 2. The van der Waals surface area contributed by atoms with Gasteiger partial charge in [-0.2, -0.15) is 0 Å². The normalized spacial score (nSPS) is 25.2. The molecule has 25 heavy (non-hydrogen) atoms. The Morgan fingerprint density at radius 2 is 2.32 bits per heavy atom. The fourth-order valence-electron chi connectivity index (χ4n) is 4.29. The maximum Gasteiger partial charge on any atom is 0.218 e. The summed E-state index contributed by atoms with van der Waals surface area (Å²) in [5.41, 5.74) is 1.37. The Bertz CT molecular complexity index is 712. The molecule has 4 rings (SSSR count).